The van der Waals surface area contributed by atoms with Crippen molar-refractivity contribution in [2.24, 2.45) is 5.73 Å². The molecule has 0 fully saturated rings. The van der Waals surface area contributed by atoms with Crippen molar-refractivity contribution in [3.05, 3.63) is 35.9 Å². The molecule has 0 spiro atoms. The van der Waals surface area contributed by atoms with E-state index in [0.717, 1.165) is 6.08 Å². The molecule has 1 amide bonds. The van der Waals surface area contributed by atoms with E-state index < -0.39 is 22.1 Å². The Morgan fingerprint density at radius 2 is 1.90 bits per heavy atom. The predicted molar refractivity (Wildman–Crippen MR) is 73.8 cm³/mol. The van der Waals surface area contributed by atoms with Gasteiger partial charge in [0.05, 0.1) is 4.90 Å². The van der Waals surface area contributed by atoms with E-state index in [1.807, 2.05) is 0 Å². The molecule has 0 atom stereocenters. The van der Waals surface area contributed by atoms with Gasteiger partial charge in [-0.25, -0.2) is 22.7 Å². The van der Waals surface area contributed by atoms with E-state index in [1.165, 1.54) is 30.3 Å². The molecular weight excluding hydrogens is 300 g/mol. The third-order valence-corrected chi connectivity index (χ3v) is 3.72. The van der Waals surface area contributed by atoms with E-state index in [9.17, 15) is 18.0 Å². The maximum Gasteiger partial charge on any atom is 0.404 e. The van der Waals surface area contributed by atoms with Gasteiger partial charge in [0.25, 0.3) is 0 Å². The second-order valence-corrected chi connectivity index (χ2v) is 5.57. The highest BCUT2D eigenvalue weighted by Gasteiger charge is 2.13. The van der Waals surface area contributed by atoms with Crippen molar-refractivity contribution in [2.75, 3.05) is 13.2 Å². The van der Waals surface area contributed by atoms with Crippen molar-refractivity contribution in [3.63, 3.8) is 0 Å². The molecule has 4 N–H and O–H groups in total. The lowest BCUT2D eigenvalue weighted by Crippen LogP contribution is -2.29. The van der Waals surface area contributed by atoms with Crippen molar-refractivity contribution in [1.29, 1.82) is 0 Å². The molecule has 1 aromatic carbocycles. The van der Waals surface area contributed by atoms with E-state index >= 15 is 0 Å². The summed E-state index contributed by atoms with van der Waals surface area (Å²) in [6.45, 7) is -0.278. The topological polar surface area (TPSA) is 136 Å². The summed E-state index contributed by atoms with van der Waals surface area (Å²) in [4.78, 5) is 20.7. The lowest BCUT2D eigenvalue weighted by molar-refractivity contribution is -0.131. The van der Waals surface area contributed by atoms with Gasteiger partial charge in [0, 0.05) is 12.6 Å². The highest BCUT2D eigenvalue weighted by atomic mass is 32.2. The first-order chi connectivity index (χ1) is 9.81. The van der Waals surface area contributed by atoms with Gasteiger partial charge in [-0.2, -0.15) is 0 Å². The minimum atomic E-state index is -3.73. The van der Waals surface area contributed by atoms with Crippen LogP contribution < -0.4 is 10.5 Å². The van der Waals surface area contributed by atoms with Crippen LogP contribution in [0.5, 0.6) is 0 Å². The van der Waals surface area contributed by atoms with Gasteiger partial charge in [0.15, 0.2) is 0 Å². The maximum absolute atomic E-state index is 11.9. The average molecular weight is 314 g/mol. The number of nitrogens with two attached hydrogens (primary N) is 1. The van der Waals surface area contributed by atoms with E-state index in [2.05, 4.69) is 9.46 Å². The van der Waals surface area contributed by atoms with Crippen molar-refractivity contribution < 1.29 is 27.9 Å². The number of hydrogen-bond donors (Lipinski definition) is 3. The van der Waals surface area contributed by atoms with Gasteiger partial charge in [-0.15, -0.1) is 0 Å². The SMILES string of the molecule is NC(=O)OCCNS(=O)(=O)c1ccc(/C=C/C(=O)O)cc1. The highest BCUT2D eigenvalue weighted by Crippen LogP contribution is 2.11. The maximum atomic E-state index is 11.9. The van der Waals surface area contributed by atoms with E-state index in [-0.39, 0.29) is 18.0 Å². The number of carboxylic acids is 1. The molecular formula is C12H14N2O6S. The normalized spacial score (nSPS) is 11.4. The summed E-state index contributed by atoms with van der Waals surface area (Å²) < 4.78 is 30.3. The number of carbonyl (C=O) groups excluding carboxylic acids is 1. The smallest absolute Gasteiger partial charge is 0.404 e. The second kappa shape index (κ2) is 7.41. The summed E-state index contributed by atoms with van der Waals surface area (Å²) >= 11 is 0. The lowest BCUT2D eigenvalue weighted by Gasteiger charge is -2.07. The van der Waals surface area contributed by atoms with Crippen LogP contribution in [-0.4, -0.2) is 38.7 Å². The summed E-state index contributed by atoms with van der Waals surface area (Å²) in [5.74, 6) is -1.09. The summed E-state index contributed by atoms with van der Waals surface area (Å²) in [6.07, 6.45) is 1.30. The molecule has 114 valence electrons. The van der Waals surface area contributed by atoms with Crippen LogP contribution in [0.25, 0.3) is 6.08 Å². The van der Waals surface area contributed by atoms with Crippen molar-refractivity contribution in [3.8, 4) is 0 Å². The number of nitrogens with one attached hydrogen (secondary N) is 1. The number of hydrogen-bond acceptors (Lipinski definition) is 5. The van der Waals surface area contributed by atoms with Crippen LogP contribution in [0.3, 0.4) is 0 Å². The second-order valence-electron chi connectivity index (χ2n) is 3.81. The van der Waals surface area contributed by atoms with Crippen molar-refractivity contribution in [2.45, 2.75) is 4.90 Å². The zero-order valence-corrected chi connectivity index (χ0v) is 11.7. The van der Waals surface area contributed by atoms with Crippen LogP contribution in [0, 0.1) is 0 Å². The van der Waals surface area contributed by atoms with Crippen molar-refractivity contribution >= 4 is 28.2 Å². The van der Waals surface area contributed by atoms with Gasteiger partial charge in [0.1, 0.15) is 6.61 Å². The minimum Gasteiger partial charge on any atom is -0.478 e. The highest BCUT2D eigenvalue weighted by molar-refractivity contribution is 7.89. The standard InChI is InChI=1S/C12H14N2O6S/c13-12(17)20-8-7-14-21(18,19)10-4-1-9(2-5-10)3-6-11(15)16/h1-6,14H,7-8H2,(H2,13,17)(H,15,16)/b6-3+. The molecule has 9 heteroatoms. The number of rotatable bonds is 7. The van der Waals surface area contributed by atoms with Crippen LogP contribution in [-0.2, 0) is 19.6 Å². The molecule has 0 unspecified atom stereocenters. The Kier molecular flexibility index (Phi) is 5.88. The third-order valence-electron chi connectivity index (χ3n) is 2.25. The van der Waals surface area contributed by atoms with Gasteiger partial charge in [0.2, 0.25) is 10.0 Å². The molecule has 1 rings (SSSR count). The Hall–Kier alpha value is -2.39. The van der Waals surface area contributed by atoms with Crippen LogP contribution in [0.2, 0.25) is 0 Å². The molecule has 0 aromatic heterocycles. The molecule has 0 saturated carbocycles. The van der Waals surface area contributed by atoms with Gasteiger partial charge in [-0.1, -0.05) is 12.1 Å². The number of amides is 1. The summed E-state index contributed by atoms with van der Waals surface area (Å²) in [7, 11) is -3.73. The Morgan fingerprint density at radius 1 is 1.29 bits per heavy atom. The average Bonchev–Trinajstić information content (AvgIpc) is 2.41. The monoisotopic (exact) mass is 314 g/mol. The van der Waals surface area contributed by atoms with Gasteiger partial charge in [-0.3, -0.25) is 0 Å². The quantitative estimate of drug-likeness (QED) is 0.484. The first-order valence-corrected chi connectivity index (χ1v) is 7.22. The number of carboxylic acid groups (broad SMARTS) is 1. The molecule has 0 aliphatic heterocycles. The Morgan fingerprint density at radius 3 is 2.43 bits per heavy atom. The lowest BCUT2D eigenvalue weighted by atomic mass is 10.2. The van der Waals surface area contributed by atoms with Gasteiger partial charge >= 0.3 is 12.1 Å². The minimum absolute atomic E-state index is 0.00838. The number of primary amides is 1. The fourth-order valence-corrected chi connectivity index (χ4v) is 2.35. The molecule has 0 aliphatic rings. The fraction of sp³-hybridized carbons (Fsp3) is 0.167. The van der Waals surface area contributed by atoms with E-state index in [1.54, 1.807) is 0 Å². The zero-order valence-electron chi connectivity index (χ0n) is 10.9. The number of aliphatic carboxylic acids is 1. The molecule has 21 heavy (non-hydrogen) atoms. The Labute approximate surface area is 121 Å². The third kappa shape index (κ3) is 6.06. The molecule has 0 heterocycles. The van der Waals surface area contributed by atoms with E-state index in [0.29, 0.717) is 5.56 Å². The molecule has 0 aliphatic carbocycles. The van der Waals surface area contributed by atoms with Crippen LogP contribution in [0.4, 0.5) is 4.79 Å². The number of ether oxygens (including phenoxy) is 1. The molecule has 1 aromatic rings. The van der Waals surface area contributed by atoms with E-state index in [4.69, 9.17) is 10.8 Å². The number of benzene rings is 1. The summed E-state index contributed by atoms with van der Waals surface area (Å²) in [6, 6.07) is 5.60. The molecule has 0 saturated heterocycles. The molecule has 0 bridgehead atoms. The van der Waals surface area contributed by atoms with Gasteiger partial charge in [-0.05, 0) is 23.8 Å². The molecule has 0 radical (unpaired) electrons. The molecule has 8 nitrogen and oxygen atoms in total. The zero-order chi connectivity index (χ0) is 15.9. The van der Waals surface area contributed by atoms with Crippen LogP contribution in [0.1, 0.15) is 5.56 Å². The van der Waals surface area contributed by atoms with Crippen LogP contribution in [0.15, 0.2) is 35.2 Å². The summed E-state index contributed by atoms with van der Waals surface area (Å²) in [5.41, 5.74) is 5.28. The number of sulfonamides is 1. The first-order valence-electron chi connectivity index (χ1n) is 5.74. The van der Waals surface area contributed by atoms with Crippen molar-refractivity contribution in [1.82, 2.24) is 4.72 Å². The van der Waals surface area contributed by atoms with Gasteiger partial charge < -0.3 is 15.6 Å². The first kappa shape index (κ1) is 16.7. The number of carbonyl (C=O) groups is 2. The summed E-state index contributed by atoms with van der Waals surface area (Å²) in [5, 5.41) is 8.48. The fourth-order valence-electron chi connectivity index (χ4n) is 1.34. The van der Waals surface area contributed by atoms with Crippen LogP contribution >= 0.6 is 0 Å². The largest absolute Gasteiger partial charge is 0.478 e. The Balaban J connectivity index is 2.67. The predicted octanol–water partition coefficient (Wildman–Crippen LogP) is 0.158. The Bertz CT molecular complexity index is 636.